The summed E-state index contributed by atoms with van der Waals surface area (Å²) in [6.45, 7) is 3.72. The lowest BCUT2D eigenvalue weighted by Crippen LogP contribution is -2.17. The lowest BCUT2D eigenvalue weighted by molar-refractivity contribution is -0.138. The number of hydrogen-bond donors (Lipinski definition) is 0. The minimum atomic E-state index is -0.821. The van der Waals surface area contributed by atoms with Crippen LogP contribution in [0.3, 0.4) is 0 Å². The highest BCUT2D eigenvalue weighted by atomic mass is 35.5. The first-order valence-corrected chi connectivity index (χ1v) is 7.10. The average Bonchev–Trinajstić information content (AvgIpc) is 2.45. The molecule has 1 rings (SSSR count). The van der Waals surface area contributed by atoms with Gasteiger partial charge in [-0.1, -0.05) is 34.8 Å². The molecule has 0 radical (unpaired) electrons. The highest BCUT2D eigenvalue weighted by molar-refractivity contribution is 6.49. The van der Waals surface area contributed by atoms with E-state index in [1.807, 2.05) is 0 Å². The van der Waals surface area contributed by atoms with Crippen molar-refractivity contribution in [3.8, 4) is 0 Å². The highest BCUT2D eigenvalue weighted by Crippen LogP contribution is 2.32. The molecule has 5 nitrogen and oxygen atoms in total. The maximum absolute atomic E-state index is 12.4. The van der Waals surface area contributed by atoms with Gasteiger partial charge in [0.05, 0.1) is 28.8 Å². The van der Waals surface area contributed by atoms with Crippen molar-refractivity contribution in [1.82, 2.24) is 4.98 Å². The molecule has 1 aromatic heterocycles. The molecule has 0 amide bonds. The fourth-order valence-corrected chi connectivity index (χ4v) is 1.88. The van der Waals surface area contributed by atoms with Crippen molar-refractivity contribution in [3.05, 3.63) is 38.8 Å². The highest BCUT2D eigenvalue weighted by Gasteiger charge is 2.25. The van der Waals surface area contributed by atoms with Crippen LogP contribution in [-0.2, 0) is 14.3 Å². The molecule has 0 aliphatic heterocycles. The number of carbonyl (C=O) groups is 2. The molecule has 114 valence electrons. The van der Waals surface area contributed by atoms with Gasteiger partial charge in [0.1, 0.15) is 17.0 Å². The van der Waals surface area contributed by atoms with Gasteiger partial charge in [-0.2, -0.15) is 0 Å². The van der Waals surface area contributed by atoms with Gasteiger partial charge in [0.2, 0.25) is 5.78 Å². The summed E-state index contributed by atoms with van der Waals surface area (Å²) in [5.74, 6) is -1.53. The van der Waals surface area contributed by atoms with Crippen molar-refractivity contribution in [3.63, 3.8) is 0 Å². The van der Waals surface area contributed by atoms with Crippen LogP contribution >= 0.6 is 34.8 Å². The van der Waals surface area contributed by atoms with Crippen LogP contribution in [0, 0.1) is 0 Å². The number of nitrogens with zero attached hydrogens (tertiary/aromatic N) is 1. The molecule has 0 saturated heterocycles. The van der Waals surface area contributed by atoms with E-state index in [1.165, 1.54) is 0 Å². The van der Waals surface area contributed by atoms with E-state index in [0.29, 0.717) is 0 Å². The number of pyridine rings is 1. The van der Waals surface area contributed by atoms with Gasteiger partial charge in [-0.05, 0) is 13.8 Å². The number of carbonyl (C=O) groups excluding carboxylic acids is 2. The molecule has 1 heterocycles. The summed E-state index contributed by atoms with van der Waals surface area (Å²) >= 11 is 17.5. The number of halogens is 3. The van der Waals surface area contributed by atoms with E-state index in [9.17, 15) is 9.59 Å². The molecule has 0 unspecified atom stereocenters. The first-order valence-electron chi connectivity index (χ1n) is 5.97. The molecule has 0 bridgehead atoms. The zero-order valence-corrected chi connectivity index (χ0v) is 13.6. The van der Waals surface area contributed by atoms with Gasteiger partial charge in [-0.25, -0.2) is 9.78 Å². The van der Waals surface area contributed by atoms with Crippen LogP contribution in [0.4, 0.5) is 0 Å². The zero-order valence-electron chi connectivity index (χ0n) is 11.3. The van der Waals surface area contributed by atoms with Crippen LogP contribution < -0.4 is 0 Å². The summed E-state index contributed by atoms with van der Waals surface area (Å²) in [7, 11) is 0. The Morgan fingerprint density at radius 2 is 1.86 bits per heavy atom. The second-order valence-electron chi connectivity index (χ2n) is 3.63. The fraction of sp³-hybridized carbons (Fsp3) is 0.308. The first kappa shape index (κ1) is 17.8. The summed E-state index contributed by atoms with van der Waals surface area (Å²) in [4.78, 5) is 27.9. The summed E-state index contributed by atoms with van der Waals surface area (Å²) in [5.41, 5.74) is -0.370. The van der Waals surface area contributed by atoms with E-state index in [1.54, 1.807) is 13.8 Å². The summed E-state index contributed by atoms with van der Waals surface area (Å²) < 4.78 is 9.80. The molecule has 0 saturated carbocycles. The number of Topliss-reactive ketones (excluding diaryl/α,β-unsaturated/α-hetero) is 1. The monoisotopic (exact) mass is 351 g/mol. The topological polar surface area (TPSA) is 65.5 Å². The van der Waals surface area contributed by atoms with Gasteiger partial charge in [0.25, 0.3) is 0 Å². The third-order valence-electron chi connectivity index (χ3n) is 2.27. The second-order valence-corrected chi connectivity index (χ2v) is 4.74. The summed E-state index contributed by atoms with van der Waals surface area (Å²) in [6, 6.07) is 0. The molecule has 1 aromatic rings. The van der Waals surface area contributed by atoms with Crippen LogP contribution in [0.15, 0.2) is 18.0 Å². The zero-order chi connectivity index (χ0) is 16.0. The standard InChI is InChI=1S/C13H12Cl3NO4/c1-3-20-6-8(13(19)21-4-2)11(18)7-5-17-12(16)10(15)9(7)14/h5-6H,3-4H2,1-2H3/b8-6-. The molecule has 0 spiro atoms. The molecule has 0 aromatic carbocycles. The van der Waals surface area contributed by atoms with Gasteiger partial charge >= 0.3 is 5.97 Å². The molecule has 0 atom stereocenters. The molecular weight excluding hydrogens is 341 g/mol. The van der Waals surface area contributed by atoms with E-state index in [2.05, 4.69) is 4.98 Å². The van der Waals surface area contributed by atoms with Crippen molar-refractivity contribution in [1.29, 1.82) is 0 Å². The van der Waals surface area contributed by atoms with Crippen molar-refractivity contribution in [2.75, 3.05) is 13.2 Å². The Labute approximate surface area is 136 Å². The Kier molecular flexibility index (Phi) is 6.95. The number of ketones is 1. The van der Waals surface area contributed by atoms with E-state index >= 15 is 0 Å². The first-order chi connectivity index (χ1) is 9.93. The average molecular weight is 353 g/mol. The number of aromatic nitrogens is 1. The van der Waals surface area contributed by atoms with Crippen LogP contribution in [0.5, 0.6) is 0 Å². The van der Waals surface area contributed by atoms with Crippen molar-refractivity contribution in [2.45, 2.75) is 13.8 Å². The third kappa shape index (κ3) is 4.33. The summed E-state index contributed by atoms with van der Waals surface area (Å²) in [5, 5.41) is -0.193. The minimum absolute atomic E-state index is 0.0373. The van der Waals surface area contributed by atoms with E-state index in [0.717, 1.165) is 12.5 Å². The molecule has 21 heavy (non-hydrogen) atoms. The van der Waals surface area contributed by atoms with Gasteiger partial charge in [0, 0.05) is 6.20 Å². The van der Waals surface area contributed by atoms with Gasteiger partial charge in [-0.15, -0.1) is 0 Å². The van der Waals surface area contributed by atoms with Gasteiger partial charge < -0.3 is 9.47 Å². The largest absolute Gasteiger partial charge is 0.500 e. The van der Waals surface area contributed by atoms with Crippen molar-refractivity contribution < 1.29 is 19.1 Å². The van der Waals surface area contributed by atoms with E-state index in [4.69, 9.17) is 44.3 Å². The van der Waals surface area contributed by atoms with Gasteiger partial charge in [-0.3, -0.25) is 4.79 Å². The molecule has 0 N–H and O–H groups in total. The molecular formula is C13H12Cl3NO4. The lowest BCUT2D eigenvalue weighted by atomic mass is 10.1. The Morgan fingerprint density at radius 3 is 2.43 bits per heavy atom. The predicted octanol–water partition coefficient (Wildman–Crippen LogP) is 3.71. The maximum Gasteiger partial charge on any atom is 0.345 e. The number of esters is 1. The van der Waals surface area contributed by atoms with Crippen LogP contribution in [0.1, 0.15) is 24.2 Å². The smallest absolute Gasteiger partial charge is 0.345 e. The Hall–Kier alpha value is -1.30. The number of rotatable bonds is 6. The lowest BCUT2D eigenvalue weighted by Gasteiger charge is -2.09. The normalized spacial score (nSPS) is 11.2. The van der Waals surface area contributed by atoms with Crippen molar-refractivity contribution in [2.24, 2.45) is 0 Å². The third-order valence-corrected chi connectivity index (χ3v) is 3.51. The Morgan fingerprint density at radius 1 is 1.19 bits per heavy atom. The van der Waals surface area contributed by atoms with Crippen LogP contribution in [-0.4, -0.2) is 30.0 Å². The number of ether oxygens (including phenoxy) is 2. The molecule has 0 fully saturated rings. The minimum Gasteiger partial charge on any atom is -0.500 e. The van der Waals surface area contributed by atoms with Crippen molar-refractivity contribution >= 4 is 46.6 Å². The number of hydrogen-bond acceptors (Lipinski definition) is 5. The van der Waals surface area contributed by atoms with E-state index in [-0.39, 0.29) is 39.5 Å². The van der Waals surface area contributed by atoms with Crippen LogP contribution in [0.25, 0.3) is 0 Å². The van der Waals surface area contributed by atoms with Gasteiger partial charge in [0.15, 0.2) is 0 Å². The Balaban J connectivity index is 3.23. The SMILES string of the molecule is CCO/C=C(\C(=O)OCC)C(=O)c1cnc(Cl)c(Cl)c1Cl. The Bertz CT molecular complexity index is 587. The maximum atomic E-state index is 12.4. The quantitative estimate of drug-likeness (QED) is 0.148. The van der Waals surface area contributed by atoms with E-state index < -0.39 is 11.8 Å². The fourth-order valence-electron chi connectivity index (χ4n) is 1.32. The molecule has 8 heteroatoms. The predicted molar refractivity (Wildman–Crippen MR) is 79.9 cm³/mol. The molecule has 0 aliphatic carbocycles. The van der Waals surface area contributed by atoms with Crippen LogP contribution in [0.2, 0.25) is 15.2 Å². The second kappa shape index (κ2) is 8.22. The molecule has 0 aliphatic rings. The summed E-state index contributed by atoms with van der Waals surface area (Å²) in [6.07, 6.45) is 2.16.